The highest BCUT2D eigenvalue weighted by molar-refractivity contribution is 9.10. The number of rotatable bonds is 4. The van der Waals surface area contributed by atoms with Gasteiger partial charge in [-0.1, -0.05) is 6.07 Å². The lowest BCUT2D eigenvalue weighted by Crippen LogP contribution is -2.10. The minimum atomic E-state index is -4.52. The van der Waals surface area contributed by atoms with E-state index in [0.717, 1.165) is 0 Å². The molecular formula is C12H9BrF3NO2S. The summed E-state index contributed by atoms with van der Waals surface area (Å²) >= 11 is 2.60. The van der Waals surface area contributed by atoms with E-state index < -0.39 is 11.5 Å². The van der Waals surface area contributed by atoms with Crippen LogP contribution >= 0.6 is 27.7 Å². The molecular weight excluding hydrogens is 359 g/mol. The maximum Gasteiger partial charge on any atom is 0.446 e. The lowest BCUT2D eigenvalue weighted by molar-refractivity contribution is -0.142. The highest BCUT2D eigenvalue weighted by Crippen LogP contribution is 2.43. The van der Waals surface area contributed by atoms with E-state index >= 15 is 0 Å². The van der Waals surface area contributed by atoms with Crippen molar-refractivity contribution in [1.29, 1.82) is 5.26 Å². The fourth-order valence-corrected chi connectivity index (χ4v) is 2.70. The van der Waals surface area contributed by atoms with Gasteiger partial charge in [0, 0.05) is 9.37 Å². The van der Waals surface area contributed by atoms with Crippen LogP contribution in [0.4, 0.5) is 13.2 Å². The molecule has 0 radical (unpaired) electrons. The number of carbonyl (C=O) groups excluding carboxylic acids is 1. The second-order valence-electron chi connectivity index (χ2n) is 3.55. The zero-order chi connectivity index (χ0) is 15.3. The number of esters is 1. The first kappa shape index (κ1) is 16.9. The molecule has 1 rings (SSSR count). The summed E-state index contributed by atoms with van der Waals surface area (Å²) < 4.78 is 42.4. The Bertz CT molecular complexity index is 555. The maximum absolute atomic E-state index is 12.5. The molecule has 108 valence electrons. The molecule has 1 aromatic carbocycles. The van der Waals surface area contributed by atoms with E-state index in [2.05, 4.69) is 15.9 Å². The Kier molecular flexibility index (Phi) is 5.89. The van der Waals surface area contributed by atoms with Crippen LogP contribution in [0.5, 0.6) is 0 Å². The van der Waals surface area contributed by atoms with Crippen molar-refractivity contribution in [2.45, 2.75) is 23.7 Å². The fraction of sp³-hybridized carbons (Fsp3) is 0.333. The van der Waals surface area contributed by atoms with Crippen LogP contribution in [0.15, 0.2) is 21.5 Å². The second-order valence-corrected chi connectivity index (χ2v) is 5.48. The lowest BCUT2D eigenvalue weighted by Gasteiger charge is -2.12. The second kappa shape index (κ2) is 6.99. The SMILES string of the molecule is CCOC(=O)Cc1ccc(Br)c(SC(F)(F)F)c1C#N. The molecule has 1 aromatic rings. The number of nitrogens with zero attached hydrogens (tertiary/aromatic N) is 1. The first-order valence-corrected chi connectivity index (χ1v) is 7.02. The molecule has 20 heavy (non-hydrogen) atoms. The summed E-state index contributed by atoms with van der Waals surface area (Å²) in [5, 5.41) is 9.06. The summed E-state index contributed by atoms with van der Waals surface area (Å²) in [5.41, 5.74) is -4.48. The minimum absolute atomic E-state index is 0.156. The van der Waals surface area contributed by atoms with Gasteiger partial charge in [0.05, 0.1) is 18.6 Å². The summed E-state index contributed by atoms with van der Waals surface area (Å²) in [4.78, 5) is 11.1. The number of hydrogen-bond donors (Lipinski definition) is 0. The third-order valence-corrected chi connectivity index (χ3v) is 3.95. The van der Waals surface area contributed by atoms with Crippen LogP contribution in [0.2, 0.25) is 0 Å². The molecule has 0 atom stereocenters. The summed E-state index contributed by atoms with van der Waals surface area (Å²) in [7, 11) is 0. The van der Waals surface area contributed by atoms with E-state index in [1.807, 2.05) is 0 Å². The topological polar surface area (TPSA) is 50.1 Å². The van der Waals surface area contributed by atoms with Gasteiger partial charge in [-0.3, -0.25) is 4.79 Å². The number of halogens is 4. The van der Waals surface area contributed by atoms with Gasteiger partial charge in [0.2, 0.25) is 0 Å². The lowest BCUT2D eigenvalue weighted by atomic mass is 10.1. The first-order valence-electron chi connectivity index (χ1n) is 5.41. The Morgan fingerprint density at radius 2 is 2.15 bits per heavy atom. The minimum Gasteiger partial charge on any atom is -0.466 e. The molecule has 0 aliphatic rings. The normalized spacial score (nSPS) is 11.0. The summed E-state index contributed by atoms with van der Waals surface area (Å²) in [6, 6.07) is 4.53. The van der Waals surface area contributed by atoms with Crippen molar-refractivity contribution in [1.82, 2.24) is 0 Å². The van der Waals surface area contributed by atoms with Gasteiger partial charge >= 0.3 is 11.5 Å². The van der Waals surface area contributed by atoms with Gasteiger partial charge in [0.15, 0.2) is 0 Å². The summed E-state index contributed by atoms with van der Waals surface area (Å²) in [5.74, 6) is -0.589. The van der Waals surface area contributed by atoms with E-state index in [9.17, 15) is 18.0 Å². The van der Waals surface area contributed by atoms with Crippen molar-refractivity contribution in [2.24, 2.45) is 0 Å². The molecule has 0 aromatic heterocycles. The number of ether oxygens (including phenoxy) is 1. The van der Waals surface area contributed by atoms with E-state index in [0.29, 0.717) is 0 Å². The predicted molar refractivity (Wildman–Crippen MR) is 71.1 cm³/mol. The molecule has 0 saturated heterocycles. The Labute approximate surface area is 126 Å². The number of thioether (sulfide) groups is 1. The van der Waals surface area contributed by atoms with Crippen LogP contribution in [0, 0.1) is 11.3 Å². The van der Waals surface area contributed by atoms with Gasteiger partial charge in [0.1, 0.15) is 6.07 Å². The van der Waals surface area contributed by atoms with Gasteiger partial charge in [-0.05, 0) is 46.2 Å². The van der Waals surface area contributed by atoms with Crippen molar-refractivity contribution >= 4 is 33.7 Å². The van der Waals surface area contributed by atoms with Gasteiger partial charge < -0.3 is 4.74 Å². The van der Waals surface area contributed by atoms with Gasteiger partial charge in [-0.15, -0.1) is 0 Å². The summed E-state index contributed by atoms with van der Waals surface area (Å²) in [6.07, 6.45) is -0.241. The van der Waals surface area contributed by atoms with Crippen LogP contribution in [0.25, 0.3) is 0 Å². The molecule has 0 N–H and O–H groups in total. The number of alkyl halides is 3. The predicted octanol–water partition coefficient (Wildman–Crippen LogP) is 4.04. The van der Waals surface area contributed by atoms with Gasteiger partial charge in [-0.2, -0.15) is 18.4 Å². The van der Waals surface area contributed by atoms with Crippen molar-refractivity contribution in [2.75, 3.05) is 6.61 Å². The largest absolute Gasteiger partial charge is 0.466 e. The molecule has 3 nitrogen and oxygen atoms in total. The zero-order valence-corrected chi connectivity index (χ0v) is 12.7. The molecule has 0 amide bonds. The number of hydrogen-bond acceptors (Lipinski definition) is 4. The van der Waals surface area contributed by atoms with Crippen molar-refractivity contribution in [3.63, 3.8) is 0 Å². The van der Waals surface area contributed by atoms with Crippen LogP contribution in [-0.4, -0.2) is 18.1 Å². The molecule has 0 heterocycles. The van der Waals surface area contributed by atoms with E-state index in [1.54, 1.807) is 13.0 Å². The third-order valence-electron chi connectivity index (χ3n) is 2.17. The van der Waals surface area contributed by atoms with Crippen LogP contribution in [0.3, 0.4) is 0 Å². The standard InChI is InChI=1S/C12H9BrF3NO2S/c1-2-19-10(18)5-7-3-4-9(13)11(8(7)6-17)20-12(14,15)16/h3-4H,2,5H2,1H3. The number of benzene rings is 1. The van der Waals surface area contributed by atoms with Crippen molar-refractivity contribution < 1.29 is 22.7 Å². The number of nitriles is 1. The molecule has 0 fully saturated rings. The van der Waals surface area contributed by atoms with Crippen LogP contribution in [-0.2, 0) is 16.0 Å². The average molecular weight is 368 g/mol. The highest BCUT2D eigenvalue weighted by Gasteiger charge is 2.32. The first-order chi connectivity index (χ1) is 9.28. The fourth-order valence-electron chi connectivity index (χ4n) is 1.45. The molecule has 0 aliphatic carbocycles. The molecule has 0 unspecified atom stereocenters. The van der Waals surface area contributed by atoms with E-state index in [4.69, 9.17) is 10.00 Å². The van der Waals surface area contributed by atoms with Crippen LogP contribution in [0.1, 0.15) is 18.1 Å². The average Bonchev–Trinajstić information content (AvgIpc) is 2.32. The van der Waals surface area contributed by atoms with Gasteiger partial charge in [-0.25, -0.2) is 0 Å². The molecule has 0 saturated carbocycles. The maximum atomic E-state index is 12.5. The molecule has 0 bridgehead atoms. The van der Waals surface area contributed by atoms with Crippen molar-refractivity contribution in [3.05, 3.63) is 27.7 Å². The quantitative estimate of drug-likeness (QED) is 0.595. The highest BCUT2D eigenvalue weighted by atomic mass is 79.9. The zero-order valence-electron chi connectivity index (χ0n) is 10.3. The number of carbonyl (C=O) groups is 1. The summed E-state index contributed by atoms with van der Waals surface area (Å²) in [6.45, 7) is 1.79. The molecule has 0 aliphatic heterocycles. The van der Waals surface area contributed by atoms with E-state index in [1.165, 1.54) is 12.1 Å². The van der Waals surface area contributed by atoms with E-state index in [-0.39, 0.29) is 45.3 Å². The monoisotopic (exact) mass is 367 g/mol. The van der Waals surface area contributed by atoms with Crippen molar-refractivity contribution in [3.8, 4) is 6.07 Å². The van der Waals surface area contributed by atoms with Gasteiger partial charge in [0.25, 0.3) is 0 Å². The Hall–Kier alpha value is -1.20. The Morgan fingerprint density at radius 1 is 1.50 bits per heavy atom. The Morgan fingerprint density at radius 3 is 2.65 bits per heavy atom. The third kappa shape index (κ3) is 4.72. The Balaban J connectivity index is 3.18. The van der Waals surface area contributed by atoms with Crippen LogP contribution < -0.4 is 0 Å². The smallest absolute Gasteiger partial charge is 0.446 e. The molecule has 8 heteroatoms. The molecule has 0 spiro atoms.